The van der Waals surface area contributed by atoms with Gasteiger partial charge in [0.05, 0.1) is 20.9 Å². The number of nitrogens with zero attached hydrogens (tertiary/aromatic N) is 2. The Balaban J connectivity index is 1.88. The maximum absolute atomic E-state index is 6.35. The summed E-state index contributed by atoms with van der Waals surface area (Å²) >= 11 is 8.03. The van der Waals surface area contributed by atoms with Crippen molar-refractivity contribution in [1.29, 1.82) is 0 Å². The van der Waals surface area contributed by atoms with Crippen LogP contribution in [0.25, 0.3) is 20.4 Å². The average Bonchev–Trinajstić information content (AvgIpc) is 3.15. The SMILES string of the molecule is Cc1nc2sc3c(NC(C)C4CC4)n[nH]c3c2c(C)c1Cl. The van der Waals surface area contributed by atoms with Gasteiger partial charge in [-0.25, -0.2) is 4.98 Å². The van der Waals surface area contributed by atoms with E-state index >= 15 is 0 Å². The van der Waals surface area contributed by atoms with Gasteiger partial charge in [-0.2, -0.15) is 5.10 Å². The minimum Gasteiger partial charge on any atom is -0.365 e. The Morgan fingerprint density at radius 3 is 2.86 bits per heavy atom. The average molecular weight is 321 g/mol. The number of hydrogen-bond donors (Lipinski definition) is 2. The molecule has 1 fully saturated rings. The van der Waals surface area contributed by atoms with Crippen LogP contribution in [0.1, 0.15) is 31.0 Å². The zero-order valence-corrected chi connectivity index (χ0v) is 13.8. The van der Waals surface area contributed by atoms with E-state index in [1.165, 1.54) is 12.8 Å². The molecule has 1 aliphatic rings. The van der Waals surface area contributed by atoms with Crippen LogP contribution in [-0.4, -0.2) is 21.2 Å². The van der Waals surface area contributed by atoms with Crippen molar-refractivity contribution in [2.45, 2.75) is 39.7 Å². The first-order valence-electron chi connectivity index (χ1n) is 7.26. The van der Waals surface area contributed by atoms with Crippen LogP contribution in [0.15, 0.2) is 0 Å². The number of aryl methyl sites for hydroxylation is 2. The minimum atomic E-state index is 0.473. The van der Waals surface area contributed by atoms with Crippen molar-refractivity contribution >= 4 is 49.2 Å². The lowest BCUT2D eigenvalue weighted by atomic mass is 10.1. The van der Waals surface area contributed by atoms with Crippen LogP contribution >= 0.6 is 22.9 Å². The summed E-state index contributed by atoms with van der Waals surface area (Å²) in [5, 5.41) is 13.0. The molecule has 0 aliphatic heterocycles. The number of nitrogens with one attached hydrogen (secondary N) is 2. The molecule has 0 amide bonds. The lowest BCUT2D eigenvalue weighted by Gasteiger charge is -2.10. The molecule has 0 bridgehead atoms. The normalized spacial score (nSPS) is 16.8. The third kappa shape index (κ3) is 2.02. The predicted molar refractivity (Wildman–Crippen MR) is 89.6 cm³/mol. The number of aromatic nitrogens is 3. The van der Waals surface area contributed by atoms with Crippen LogP contribution < -0.4 is 5.32 Å². The van der Waals surface area contributed by atoms with E-state index < -0.39 is 0 Å². The second-order valence-electron chi connectivity index (χ2n) is 5.97. The lowest BCUT2D eigenvalue weighted by Crippen LogP contribution is -2.17. The number of H-pyrrole nitrogens is 1. The highest BCUT2D eigenvalue weighted by atomic mass is 35.5. The molecule has 3 aromatic rings. The number of hydrogen-bond acceptors (Lipinski definition) is 4. The number of rotatable bonds is 3. The summed E-state index contributed by atoms with van der Waals surface area (Å²) in [6.07, 6.45) is 2.65. The maximum Gasteiger partial charge on any atom is 0.166 e. The molecule has 0 aromatic carbocycles. The van der Waals surface area contributed by atoms with Gasteiger partial charge in [-0.15, -0.1) is 11.3 Å². The first kappa shape index (κ1) is 13.3. The first-order chi connectivity index (χ1) is 10.1. The summed E-state index contributed by atoms with van der Waals surface area (Å²) < 4.78 is 1.15. The van der Waals surface area contributed by atoms with Gasteiger partial charge in [-0.3, -0.25) is 5.10 Å². The molecule has 3 heterocycles. The number of fused-ring (bicyclic) bond motifs is 3. The quantitative estimate of drug-likeness (QED) is 0.738. The zero-order chi connectivity index (χ0) is 14.7. The first-order valence-corrected chi connectivity index (χ1v) is 8.45. The van der Waals surface area contributed by atoms with Gasteiger partial charge in [-0.05, 0) is 45.1 Å². The van der Waals surface area contributed by atoms with E-state index in [2.05, 4.69) is 27.4 Å². The van der Waals surface area contributed by atoms with Crippen LogP contribution in [0, 0.1) is 19.8 Å². The lowest BCUT2D eigenvalue weighted by molar-refractivity contribution is 0.691. The van der Waals surface area contributed by atoms with E-state index in [1.54, 1.807) is 11.3 Å². The van der Waals surface area contributed by atoms with E-state index in [4.69, 9.17) is 11.6 Å². The topological polar surface area (TPSA) is 53.6 Å². The minimum absolute atomic E-state index is 0.473. The van der Waals surface area contributed by atoms with Crippen molar-refractivity contribution in [2.75, 3.05) is 5.32 Å². The summed E-state index contributed by atoms with van der Waals surface area (Å²) in [5.74, 6) is 1.74. The number of anilines is 1. The van der Waals surface area contributed by atoms with Crippen molar-refractivity contribution in [3.63, 3.8) is 0 Å². The number of thiophene rings is 1. The molecule has 6 heteroatoms. The van der Waals surface area contributed by atoms with Crippen LogP contribution in [0.5, 0.6) is 0 Å². The Labute approximate surface area is 131 Å². The number of pyridine rings is 1. The summed E-state index contributed by atoms with van der Waals surface area (Å²) in [5.41, 5.74) is 3.02. The summed E-state index contributed by atoms with van der Waals surface area (Å²) in [6.45, 7) is 6.23. The summed E-state index contributed by atoms with van der Waals surface area (Å²) in [7, 11) is 0. The van der Waals surface area contributed by atoms with E-state index in [9.17, 15) is 0 Å². The molecular weight excluding hydrogens is 304 g/mol. The van der Waals surface area contributed by atoms with Crippen LogP contribution in [0.4, 0.5) is 5.82 Å². The Bertz CT molecular complexity index is 846. The van der Waals surface area contributed by atoms with Crippen LogP contribution in [0.2, 0.25) is 5.02 Å². The molecule has 0 saturated heterocycles. The molecule has 1 atom stereocenters. The highest BCUT2D eigenvalue weighted by Crippen LogP contribution is 2.41. The molecule has 3 aromatic heterocycles. The molecular formula is C15H17ClN4S. The van der Waals surface area contributed by atoms with Gasteiger partial charge >= 0.3 is 0 Å². The van der Waals surface area contributed by atoms with Gasteiger partial charge in [0.15, 0.2) is 5.82 Å². The highest BCUT2D eigenvalue weighted by molar-refractivity contribution is 7.26. The molecule has 4 rings (SSSR count). The van der Waals surface area contributed by atoms with Gasteiger partial charge in [0, 0.05) is 11.4 Å². The van der Waals surface area contributed by atoms with E-state index in [0.29, 0.717) is 6.04 Å². The molecule has 0 radical (unpaired) electrons. The fraction of sp³-hybridized carbons (Fsp3) is 0.467. The van der Waals surface area contributed by atoms with Crippen molar-refractivity contribution in [3.05, 3.63) is 16.3 Å². The van der Waals surface area contributed by atoms with Gasteiger partial charge in [0.2, 0.25) is 0 Å². The summed E-state index contributed by atoms with van der Waals surface area (Å²) in [6, 6.07) is 0.473. The van der Waals surface area contributed by atoms with Gasteiger partial charge in [0.25, 0.3) is 0 Å². The van der Waals surface area contributed by atoms with Gasteiger partial charge in [-0.1, -0.05) is 11.6 Å². The molecule has 21 heavy (non-hydrogen) atoms. The second kappa shape index (κ2) is 4.58. The molecule has 1 aliphatic carbocycles. The maximum atomic E-state index is 6.35. The van der Waals surface area contributed by atoms with E-state index in [1.807, 2.05) is 13.8 Å². The number of halogens is 1. The molecule has 2 N–H and O–H groups in total. The van der Waals surface area contributed by atoms with Crippen molar-refractivity contribution in [1.82, 2.24) is 15.2 Å². The van der Waals surface area contributed by atoms with Gasteiger partial charge in [0.1, 0.15) is 4.83 Å². The van der Waals surface area contributed by atoms with E-state index in [0.717, 1.165) is 48.4 Å². The Hall–Kier alpha value is -1.33. The molecule has 1 saturated carbocycles. The van der Waals surface area contributed by atoms with E-state index in [-0.39, 0.29) is 0 Å². The van der Waals surface area contributed by atoms with Crippen molar-refractivity contribution in [2.24, 2.45) is 5.92 Å². The summed E-state index contributed by atoms with van der Waals surface area (Å²) in [4.78, 5) is 5.65. The Kier molecular flexibility index (Phi) is 2.91. The van der Waals surface area contributed by atoms with Crippen molar-refractivity contribution in [3.8, 4) is 0 Å². The van der Waals surface area contributed by atoms with Crippen LogP contribution in [-0.2, 0) is 0 Å². The smallest absolute Gasteiger partial charge is 0.166 e. The van der Waals surface area contributed by atoms with Crippen molar-refractivity contribution < 1.29 is 0 Å². The Morgan fingerprint density at radius 1 is 1.38 bits per heavy atom. The predicted octanol–water partition coefficient (Wildman–Crippen LogP) is 4.65. The fourth-order valence-electron chi connectivity index (χ4n) is 2.89. The standard InChI is InChI=1S/C15H17ClN4S/c1-6-10-12-13(21-15(10)18-8(3)11(6)16)14(20-19-12)17-7(2)9-4-5-9/h7,9H,4-5H2,1-3H3,(H2,17,19,20). The van der Waals surface area contributed by atoms with Crippen LogP contribution in [0.3, 0.4) is 0 Å². The molecule has 0 spiro atoms. The van der Waals surface area contributed by atoms with Gasteiger partial charge < -0.3 is 5.32 Å². The third-order valence-corrected chi connectivity index (χ3v) is 6.02. The molecule has 4 nitrogen and oxygen atoms in total. The second-order valence-corrected chi connectivity index (χ2v) is 7.34. The zero-order valence-electron chi connectivity index (χ0n) is 12.2. The molecule has 110 valence electrons. The monoisotopic (exact) mass is 320 g/mol. The third-order valence-electron chi connectivity index (χ3n) is 4.37. The molecule has 1 unspecified atom stereocenters. The largest absolute Gasteiger partial charge is 0.365 e. The number of aromatic amines is 1. The Morgan fingerprint density at radius 2 is 2.14 bits per heavy atom. The highest BCUT2D eigenvalue weighted by Gasteiger charge is 2.29. The fourth-order valence-corrected chi connectivity index (χ4v) is 4.21.